The van der Waals surface area contributed by atoms with Crippen LogP contribution < -0.4 is 14.8 Å². The minimum absolute atomic E-state index is 0.156. The molecule has 0 unspecified atom stereocenters. The number of nitrogens with one attached hydrogen (secondary N) is 1. The van der Waals surface area contributed by atoms with E-state index in [1.54, 1.807) is 7.11 Å². The summed E-state index contributed by atoms with van der Waals surface area (Å²) in [5.41, 5.74) is 3.50. The minimum atomic E-state index is -0.156. The van der Waals surface area contributed by atoms with Gasteiger partial charge >= 0.3 is 0 Å². The lowest BCUT2D eigenvalue weighted by Crippen LogP contribution is -2.15. The Morgan fingerprint density at radius 1 is 1.03 bits per heavy atom. The van der Waals surface area contributed by atoms with Gasteiger partial charge in [0.05, 0.1) is 25.2 Å². The second-order valence-electron chi connectivity index (χ2n) is 7.48. The van der Waals surface area contributed by atoms with Crippen molar-refractivity contribution in [3.8, 4) is 28.6 Å². The molecule has 0 fully saturated rings. The Kier molecular flexibility index (Phi) is 7.49. The fourth-order valence-electron chi connectivity index (χ4n) is 3.46. The van der Waals surface area contributed by atoms with E-state index in [0.29, 0.717) is 29.0 Å². The van der Waals surface area contributed by atoms with Gasteiger partial charge in [0, 0.05) is 11.3 Å². The zero-order chi connectivity index (χ0) is 23.9. The molecule has 0 aliphatic rings. The van der Waals surface area contributed by atoms with Crippen LogP contribution in [0.1, 0.15) is 12.5 Å². The van der Waals surface area contributed by atoms with Gasteiger partial charge in [-0.15, -0.1) is 10.2 Å². The van der Waals surface area contributed by atoms with Crippen LogP contribution in [-0.2, 0) is 4.79 Å². The van der Waals surface area contributed by atoms with Crippen LogP contribution in [0.4, 0.5) is 5.69 Å². The highest BCUT2D eigenvalue weighted by Gasteiger charge is 2.18. The second kappa shape index (κ2) is 10.9. The molecule has 0 spiro atoms. The molecule has 0 radical (unpaired) electrons. The van der Waals surface area contributed by atoms with Crippen molar-refractivity contribution in [2.24, 2.45) is 0 Å². The number of carbonyl (C=O) groups excluding carboxylic acids is 1. The Balaban J connectivity index is 1.59. The van der Waals surface area contributed by atoms with Crippen molar-refractivity contribution in [2.75, 3.05) is 24.8 Å². The number of rotatable bonds is 9. The van der Waals surface area contributed by atoms with Crippen molar-refractivity contribution >= 4 is 23.4 Å². The molecule has 1 amide bonds. The Labute approximate surface area is 203 Å². The van der Waals surface area contributed by atoms with Gasteiger partial charge in [-0.25, -0.2) is 0 Å². The van der Waals surface area contributed by atoms with E-state index in [2.05, 4.69) is 15.5 Å². The Morgan fingerprint density at radius 2 is 1.79 bits per heavy atom. The minimum Gasteiger partial charge on any atom is -0.495 e. The maximum absolute atomic E-state index is 12.7. The number of hydrogen-bond donors (Lipinski definition) is 1. The highest BCUT2D eigenvalue weighted by Crippen LogP contribution is 2.30. The molecule has 0 aliphatic heterocycles. The topological polar surface area (TPSA) is 78.3 Å². The number of anilines is 1. The van der Waals surface area contributed by atoms with Gasteiger partial charge in [0.2, 0.25) is 5.91 Å². The number of ether oxygens (including phenoxy) is 2. The van der Waals surface area contributed by atoms with Gasteiger partial charge in [-0.05, 0) is 55.8 Å². The van der Waals surface area contributed by atoms with Crippen LogP contribution in [0, 0.1) is 6.92 Å². The molecule has 8 heteroatoms. The van der Waals surface area contributed by atoms with Crippen molar-refractivity contribution in [1.29, 1.82) is 0 Å². The Bertz CT molecular complexity index is 1260. The van der Waals surface area contributed by atoms with Crippen LogP contribution in [0.2, 0.25) is 0 Å². The van der Waals surface area contributed by atoms with E-state index in [9.17, 15) is 4.79 Å². The van der Waals surface area contributed by atoms with E-state index in [0.717, 1.165) is 22.6 Å². The molecule has 1 N–H and O–H groups in total. The first-order valence-electron chi connectivity index (χ1n) is 10.9. The van der Waals surface area contributed by atoms with E-state index in [1.165, 1.54) is 11.8 Å². The molecular formula is C26H26N4O3S. The smallest absolute Gasteiger partial charge is 0.234 e. The summed E-state index contributed by atoms with van der Waals surface area (Å²) in [7, 11) is 1.58. The summed E-state index contributed by atoms with van der Waals surface area (Å²) >= 11 is 1.32. The van der Waals surface area contributed by atoms with Gasteiger partial charge in [-0.2, -0.15) is 0 Å². The van der Waals surface area contributed by atoms with Crippen LogP contribution in [-0.4, -0.2) is 40.1 Å². The first kappa shape index (κ1) is 23.4. The average molecular weight is 475 g/mol. The standard InChI is InChI=1S/C26H26N4O3S/c1-4-33-21-13-11-20(12-14-21)30-25(19-8-6-5-7-9-19)28-29-26(30)34-17-24(31)27-22-16-18(2)10-15-23(22)32-3/h5-16H,4,17H2,1-3H3,(H,27,31). The summed E-state index contributed by atoms with van der Waals surface area (Å²) in [5, 5.41) is 12.4. The van der Waals surface area contributed by atoms with Crippen molar-refractivity contribution in [1.82, 2.24) is 14.8 Å². The highest BCUT2D eigenvalue weighted by molar-refractivity contribution is 7.99. The molecule has 174 valence electrons. The molecule has 1 aromatic heterocycles. The van der Waals surface area contributed by atoms with Gasteiger partial charge < -0.3 is 14.8 Å². The number of carbonyl (C=O) groups is 1. The number of nitrogens with zero attached hydrogens (tertiary/aromatic N) is 3. The number of methoxy groups -OCH3 is 1. The Hall–Kier alpha value is -3.78. The van der Waals surface area contributed by atoms with Crippen LogP contribution in [0.15, 0.2) is 78.0 Å². The van der Waals surface area contributed by atoms with E-state index < -0.39 is 0 Å². The lowest BCUT2D eigenvalue weighted by molar-refractivity contribution is -0.113. The van der Waals surface area contributed by atoms with E-state index >= 15 is 0 Å². The molecule has 4 rings (SSSR count). The molecule has 34 heavy (non-hydrogen) atoms. The summed E-state index contributed by atoms with van der Waals surface area (Å²) in [4.78, 5) is 12.7. The predicted octanol–water partition coefficient (Wildman–Crippen LogP) is 5.38. The maximum atomic E-state index is 12.7. The summed E-state index contributed by atoms with van der Waals surface area (Å²) in [6.45, 7) is 4.52. The third kappa shape index (κ3) is 5.40. The SMILES string of the molecule is CCOc1ccc(-n2c(SCC(=O)Nc3cc(C)ccc3OC)nnc2-c2ccccc2)cc1. The number of thioether (sulfide) groups is 1. The summed E-state index contributed by atoms with van der Waals surface area (Å²) in [6, 6.07) is 23.3. The number of aromatic nitrogens is 3. The summed E-state index contributed by atoms with van der Waals surface area (Å²) in [5.74, 6) is 2.12. The first-order chi connectivity index (χ1) is 16.6. The normalized spacial score (nSPS) is 10.7. The molecule has 1 heterocycles. The van der Waals surface area contributed by atoms with Gasteiger partial charge in [0.25, 0.3) is 0 Å². The third-order valence-electron chi connectivity index (χ3n) is 5.03. The molecule has 7 nitrogen and oxygen atoms in total. The molecule has 0 bridgehead atoms. The fraction of sp³-hybridized carbons (Fsp3) is 0.192. The van der Waals surface area contributed by atoms with E-state index in [-0.39, 0.29) is 11.7 Å². The largest absolute Gasteiger partial charge is 0.495 e. The quantitative estimate of drug-likeness (QED) is 0.328. The van der Waals surface area contributed by atoms with Gasteiger partial charge in [0.1, 0.15) is 11.5 Å². The molecule has 0 atom stereocenters. The van der Waals surface area contributed by atoms with Crippen LogP contribution in [0.25, 0.3) is 17.1 Å². The maximum Gasteiger partial charge on any atom is 0.234 e. The summed E-state index contributed by atoms with van der Waals surface area (Å²) < 4.78 is 12.9. The van der Waals surface area contributed by atoms with Crippen LogP contribution in [0.3, 0.4) is 0 Å². The average Bonchev–Trinajstić information content (AvgIpc) is 3.28. The molecule has 0 aliphatic carbocycles. The van der Waals surface area contributed by atoms with Crippen molar-refractivity contribution < 1.29 is 14.3 Å². The molecule has 3 aromatic carbocycles. The molecular weight excluding hydrogens is 448 g/mol. The lowest BCUT2D eigenvalue weighted by atomic mass is 10.2. The van der Waals surface area contributed by atoms with Gasteiger partial charge in [-0.3, -0.25) is 9.36 Å². The zero-order valence-corrected chi connectivity index (χ0v) is 20.1. The van der Waals surface area contributed by atoms with Crippen LogP contribution >= 0.6 is 11.8 Å². The summed E-state index contributed by atoms with van der Waals surface area (Å²) in [6.07, 6.45) is 0. The zero-order valence-electron chi connectivity index (χ0n) is 19.3. The monoisotopic (exact) mass is 474 g/mol. The predicted molar refractivity (Wildman–Crippen MR) is 135 cm³/mol. The van der Waals surface area contributed by atoms with Gasteiger partial charge in [-0.1, -0.05) is 48.2 Å². The molecule has 4 aromatic rings. The second-order valence-corrected chi connectivity index (χ2v) is 8.42. The Morgan fingerprint density at radius 3 is 2.50 bits per heavy atom. The van der Waals surface area contributed by atoms with E-state index in [1.807, 2.05) is 91.2 Å². The third-order valence-corrected chi connectivity index (χ3v) is 5.96. The number of benzene rings is 3. The van der Waals surface area contributed by atoms with Crippen molar-refractivity contribution in [3.63, 3.8) is 0 Å². The van der Waals surface area contributed by atoms with Crippen molar-refractivity contribution in [2.45, 2.75) is 19.0 Å². The highest BCUT2D eigenvalue weighted by atomic mass is 32.2. The van der Waals surface area contributed by atoms with E-state index in [4.69, 9.17) is 9.47 Å². The van der Waals surface area contributed by atoms with Gasteiger partial charge in [0.15, 0.2) is 11.0 Å². The van der Waals surface area contributed by atoms with Crippen molar-refractivity contribution in [3.05, 3.63) is 78.4 Å². The number of aryl methyl sites for hydroxylation is 1. The van der Waals surface area contributed by atoms with Crippen LogP contribution in [0.5, 0.6) is 11.5 Å². The molecule has 0 saturated carbocycles. The fourth-order valence-corrected chi connectivity index (χ4v) is 4.22. The lowest BCUT2D eigenvalue weighted by Gasteiger charge is -2.12. The number of hydrogen-bond acceptors (Lipinski definition) is 6. The molecule has 0 saturated heterocycles. The first-order valence-corrected chi connectivity index (χ1v) is 11.9. The number of amides is 1.